The van der Waals surface area contributed by atoms with Gasteiger partial charge in [-0.05, 0) is 43.5 Å². The van der Waals surface area contributed by atoms with Gasteiger partial charge in [-0.1, -0.05) is 0 Å². The van der Waals surface area contributed by atoms with Gasteiger partial charge in [0, 0.05) is 31.4 Å². The van der Waals surface area contributed by atoms with Gasteiger partial charge in [-0.15, -0.1) is 0 Å². The number of piperidine rings is 1. The van der Waals surface area contributed by atoms with E-state index in [1.165, 1.54) is 4.90 Å². The number of hydrogen-bond donors (Lipinski definition) is 1. The topological polar surface area (TPSA) is 32.3 Å². The Labute approximate surface area is 122 Å². The largest absolute Gasteiger partial charge is 0.393 e. The maximum absolute atomic E-state index is 12.8. The highest BCUT2D eigenvalue weighted by Gasteiger charge is 2.42. The fraction of sp³-hybridized carbons (Fsp3) is 0.533. The molecule has 1 N–H and O–H groups in total. The number of anilines is 1. The lowest BCUT2D eigenvalue weighted by molar-refractivity contribution is -0.184. The van der Waals surface area contributed by atoms with Crippen molar-refractivity contribution >= 4 is 11.6 Å². The molecule has 1 atom stereocenters. The van der Waals surface area contributed by atoms with Crippen LogP contribution in [0.2, 0.25) is 0 Å². The van der Waals surface area contributed by atoms with Crippen molar-refractivity contribution in [2.45, 2.75) is 25.9 Å². The Morgan fingerprint density at radius 1 is 1.38 bits per heavy atom. The summed E-state index contributed by atoms with van der Waals surface area (Å²) in [6.07, 6.45) is -3.74. The Hall–Kier alpha value is -1.72. The molecule has 0 aliphatic carbocycles. The van der Waals surface area contributed by atoms with Crippen molar-refractivity contribution in [1.82, 2.24) is 4.90 Å². The Kier molecular flexibility index (Phi) is 4.44. The van der Waals surface area contributed by atoms with Crippen LogP contribution in [0.3, 0.4) is 0 Å². The first kappa shape index (κ1) is 15.7. The molecule has 6 heteroatoms. The SMILES string of the molecule is CNc1ccc(C(=O)N2CCCC(C(F)(F)F)C2)c(C)c1. The smallest absolute Gasteiger partial charge is 0.388 e. The lowest BCUT2D eigenvalue weighted by Crippen LogP contribution is -2.44. The van der Waals surface area contributed by atoms with E-state index in [1.807, 2.05) is 6.07 Å². The molecule has 1 aromatic rings. The van der Waals surface area contributed by atoms with Crippen LogP contribution in [-0.4, -0.2) is 37.1 Å². The van der Waals surface area contributed by atoms with Gasteiger partial charge in [-0.2, -0.15) is 13.2 Å². The van der Waals surface area contributed by atoms with Crippen LogP contribution >= 0.6 is 0 Å². The second kappa shape index (κ2) is 5.95. The van der Waals surface area contributed by atoms with Gasteiger partial charge >= 0.3 is 6.18 Å². The van der Waals surface area contributed by atoms with Crippen molar-refractivity contribution < 1.29 is 18.0 Å². The summed E-state index contributed by atoms with van der Waals surface area (Å²) in [4.78, 5) is 13.8. The van der Waals surface area contributed by atoms with Crippen LogP contribution in [0.5, 0.6) is 0 Å². The quantitative estimate of drug-likeness (QED) is 0.907. The van der Waals surface area contributed by atoms with Crippen molar-refractivity contribution in [1.29, 1.82) is 0 Å². The van der Waals surface area contributed by atoms with Gasteiger partial charge < -0.3 is 10.2 Å². The number of aryl methyl sites for hydroxylation is 1. The number of benzene rings is 1. The van der Waals surface area contributed by atoms with E-state index < -0.39 is 12.1 Å². The number of nitrogens with one attached hydrogen (secondary N) is 1. The van der Waals surface area contributed by atoms with Crippen LogP contribution in [0.1, 0.15) is 28.8 Å². The molecule has 1 aliphatic rings. The van der Waals surface area contributed by atoms with Crippen molar-refractivity contribution in [3.05, 3.63) is 29.3 Å². The minimum absolute atomic E-state index is 0.102. The summed E-state index contributed by atoms with van der Waals surface area (Å²) in [5, 5.41) is 2.97. The van der Waals surface area contributed by atoms with E-state index in [0.29, 0.717) is 18.5 Å². The van der Waals surface area contributed by atoms with Gasteiger partial charge in [0.1, 0.15) is 0 Å². The van der Waals surface area contributed by atoms with Crippen LogP contribution < -0.4 is 5.32 Å². The number of carbonyl (C=O) groups is 1. The molecule has 116 valence electrons. The van der Waals surface area contributed by atoms with Gasteiger partial charge in [0.25, 0.3) is 5.91 Å². The van der Waals surface area contributed by atoms with E-state index in [4.69, 9.17) is 0 Å². The summed E-state index contributed by atoms with van der Waals surface area (Å²) in [5.41, 5.74) is 2.11. The predicted molar refractivity (Wildman–Crippen MR) is 75.4 cm³/mol. The molecule has 1 aliphatic heterocycles. The predicted octanol–water partition coefficient (Wildman–Crippen LogP) is 3.45. The minimum atomic E-state index is -4.23. The van der Waals surface area contributed by atoms with E-state index in [1.54, 1.807) is 26.1 Å². The van der Waals surface area contributed by atoms with Gasteiger partial charge in [0.15, 0.2) is 0 Å². The van der Waals surface area contributed by atoms with E-state index in [-0.39, 0.29) is 18.9 Å². The Bertz CT molecular complexity index is 528. The number of carbonyl (C=O) groups excluding carboxylic acids is 1. The highest BCUT2D eigenvalue weighted by molar-refractivity contribution is 5.96. The third-order valence-corrected chi connectivity index (χ3v) is 3.92. The molecule has 0 bridgehead atoms. The highest BCUT2D eigenvalue weighted by Crippen LogP contribution is 2.33. The molecule has 1 amide bonds. The summed E-state index contributed by atoms with van der Waals surface area (Å²) in [7, 11) is 1.77. The number of rotatable bonds is 2. The van der Waals surface area contributed by atoms with Crippen LogP contribution in [0.25, 0.3) is 0 Å². The second-order valence-electron chi connectivity index (χ2n) is 5.41. The fourth-order valence-electron chi connectivity index (χ4n) is 2.66. The van der Waals surface area contributed by atoms with Gasteiger partial charge in [-0.25, -0.2) is 0 Å². The molecule has 0 saturated carbocycles. The first-order valence-corrected chi connectivity index (χ1v) is 6.97. The Morgan fingerprint density at radius 3 is 2.67 bits per heavy atom. The van der Waals surface area contributed by atoms with Crippen molar-refractivity contribution in [3.63, 3.8) is 0 Å². The molecule has 0 aromatic heterocycles. The van der Waals surface area contributed by atoms with Gasteiger partial charge in [-0.3, -0.25) is 4.79 Å². The summed E-state index contributed by atoms with van der Waals surface area (Å²) >= 11 is 0. The number of amides is 1. The monoisotopic (exact) mass is 300 g/mol. The Balaban J connectivity index is 2.16. The van der Waals surface area contributed by atoms with Gasteiger partial charge in [0.2, 0.25) is 0 Å². The number of hydrogen-bond acceptors (Lipinski definition) is 2. The first-order valence-electron chi connectivity index (χ1n) is 6.97. The molecule has 21 heavy (non-hydrogen) atoms. The molecule has 2 rings (SSSR count). The van der Waals surface area contributed by atoms with Crippen LogP contribution in [0.15, 0.2) is 18.2 Å². The molecule has 1 aromatic carbocycles. The van der Waals surface area contributed by atoms with Crippen LogP contribution in [-0.2, 0) is 0 Å². The van der Waals surface area contributed by atoms with E-state index >= 15 is 0 Å². The molecule has 0 spiro atoms. The van der Waals surface area contributed by atoms with Crippen molar-refractivity contribution in [3.8, 4) is 0 Å². The van der Waals surface area contributed by atoms with E-state index in [0.717, 1.165) is 11.3 Å². The lowest BCUT2D eigenvalue weighted by Gasteiger charge is -2.34. The van der Waals surface area contributed by atoms with E-state index in [2.05, 4.69) is 5.32 Å². The zero-order valence-electron chi connectivity index (χ0n) is 12.1. The Morgan fingerprint density at radius 2 is 2.10 bits per heavy atom. The fourth-order valence-corrected chi connectivity index (χ4v) is 2.66. The first-order chi connectivity index (χ1) is 9.82. The number of likely N-dealkylation sites (tertiary alicyclic amines) is 1. The molecular formula is C15H19F3N2O. The van der Waals surface area contributed by atoms with Crippen LogP contribution in [0, 0.1) is 12.8 Å². The normalized spacial score (nSPS) is 19.5. The van der Waals surface area contributed by atoms with Gasteiger partial charge in [0.05, 0.1) is 5.92 Å². The van der Waals surface area contributed by atoms with Crippen LogP contribution in [0.4, 0.5) is 18.9 Å². The molecular weight excluding hydrogens is 281 g/mol. The number of halogens is 3. The summed E-state index contributed by atoms with van der Waals surface area (Å²) in [6, 6.07) is 5.24. The molecule has 3 nitrogen and oxygen atoms in total. The summed E-state index contributed by atoms with van der Waals surface area (Å²) < 4.78 is 38.4. The maximum atomic E-state index is 12.8. The molecule has 1 heterocycles. The minimum Gasteiger partial charge on any atom is -0.388 e. The number of nitrogens with zero attached hydrogens (tertiary/aromatic N) is 1. The zero-order chi connectivity index (χ0) is 15.6. The van der Waals surface area contributed by atoms with Crippen molar-refractivity contribution in [2.75, 3.05) is 25.5 Å². The lowest BCUT2D eigenvalue weighted by atomic mass is 9.96. The summed E-state index contributed by atoms with van der Waals surface area (Å²) in [5.74, 6) is -1.73. The second-order valence-corrected chi connectivity index (χ2v) is 5.41. The highest BCUT2D eigenvalue weighted by atomic mass is 19.4. The standard InChI is InChI=1S/C15H19F3N2O/c1-10-8-12(19-2)5-6-13(10)14(21)20-7-3-4-11(9-20)15(16,17)18/h5-6,8,11,19H,3-4,7,9H2,1-2H3. The maximum Gasteiger partial charge on any atom is 0.393 e. The average Bonchev–Trinajstić information content (AvgIpc) is 2.45. The van der Waals surface area contributed by atoms with Crippen molar-refractivity contribution in [2.24, 2.45) is 5.92 Å². The molecule has 0 radical (unpaired) electrons. The molecule has 1 saturated heterocycles. The number of alkyl halides is 3. The third-order valence-electron chi connectivity index (χ3n) is 3.92. The van der Waals surface area contributed by atoms with E-state index in [9.17, 15) is 18.0 Å². The third kappa shape index (κ3) is 3.49. The summed E-state index contributed by atoms with van der Waals surface area (Å²) in [6.45, 7) is 1.94. The molecule has 1 fully saturated rings. The zero-order valence-corrected chi connectivity index (χ0v) is 12.1. The molecule has 1 unspecified atom stereocenters. The average molecular weight is 300 g/mol.